The summed E-state index contributed by atoms with van der Waals surface area (Å²) in [6.45, 7) is 0.787. The zero-order chi connectivity index (χ0) is 10.2. The van der Waals surface area contributed by atoms with Gasteiger partial charge in [0.15, 0.2) is 0 Å². The van der Waals surface area contributed by atoms with Crippen molar-refractivity contribution in [3.8, 4) is 0 Å². The molecular weight excluding hydrogens is 216 g/mol. The summed E-state index contributed by atoms with van der Waals surface area (Å²) < 4.78 is 0. The Labute approximate surface area is 94.2 Å². The lowest BCUT2D eigenvalue weighted by molar-refractivity contribution is 0.732. The molecule has 1 aromatic heterocycles. The van der Waals surface area contributed by atoms with Crippen LogP contribution in [0.3, 0.4) is 0 Å². The van der Waals surface area contributed by atoms with E-state index in [1.807, 2.05) is 12.1 Å². The van der Waals surface area contributed by atoms with Crippen LogP contribution in [0.25, 0.3) is 0 Å². The first-order valence-electron chi connectivity index (χ1n) is 4.78. The summed E-state index contributed by atoms with van der Waals surface area (Å²) >= 11 is 7.67. The second-order valence-corrected chi connectivity index (χ2v) is 4.48. The van der Waals surface area contributed by atoms with E-state index < -0.39 is 0 Å². The lowest BCUT2D eigenvalue weighted by Gasteiger charge is -2.01. The summed E-state index contributed by atoms with van der Waals surface area (Å²) in [5.41, 5.74) is 5.41. The Balaban J connectivity index is 2.21. The van der Waals surface area contributed by atoms with Crippen LogP contribution in [0, 0.1) is 0 Å². The molecule has 1 aromatic rings. The molecule has 0 spiro atoms. The van der Waals surface area contributed by atoms with Crippen LogP contribution in [0.4, 0.5) is 0 Å². The lowest BCUT2D eigenvalue weighted by atomic mass is 10.2. The van der Waals surface area contributed by atoms with E-state index in [0.717, 1.165) is 28.8 Å². The molecule has 0 radical (unpaired) electrons. The zero-order valence-corrected chi connectivity index (χ0v) is 9.65. The van der Waals surface area contributed by atoms with E-state index >= 15 is 0 Å². The number of nitrogens with zero attached hydrogens (tertiary/aromatic N) is 1. The highest BCUT2D eigenvalue weighted by molar-refractivity contribution is 7.99. The highest BCUT2D eigenvalue weighted by Gasteiger charge is 2.00. The first-order valence-corrected chi connectivity index (χ1v) is 6.14. The molecule has 0 aliphatic heterocycles. The van der Waals surface area contributed by atoms with Gasteiger partial charge in [-0.3, -0.25) is 0 Å². The van der Waals surface area contributed by atoms with Crippen LogP contribution in [0.5, 0.6) is 0 Å². The van der Waals surface area contributed by atoms with Gasteiger partial charge in [-0.1, -0.05) is 18.0 Å². The first kappa shape index (κ1) is 11.8. The van der Waals surface area contributed by atoms with Crippen LogP contribution in [0.1, 0.15) is 19.3 Å². The number of hydrogen-bond donors (Lipinski definition) is 1. The summed E-state index contributed by atoms with van der Waals surface area (Å²) in [5, 5.41) is 1.68. The van der Waals surface area contributed by atoms with Gasteiger partial charge in [-0.2, -0.15) is 0 Å². The van der Waals surface area contributed by atoms with E-state index in [0.29, 0.717) is 0 Å². The lowest BCUT2D eigenvalue weighted by Crippen LogP contribution is -1.98. The highest BCUT2D eigenvalue weighted by atomic mass is 35.5. The Morgan fingerprint density at radius 3 is 2.93 bits per heavy atom. The molecule has 0 atom stereocenters. The van der Waals surface area contributed by atoms with Gasteiger partial charge in [0.25, 0.3) is 0 Å². The summed E-state index contributed by atoms with van der Waals surface area (Å²) in [6.07, 6.45) is 5.24. The van der Waals surface area contributed by atoms with E-state index in [2.05, 4.69) is 4.98 Å². The van der Waals surface area contributed by atoms with Crippen molar-refractivity contribution in [1.82, 2.24) is 4.98 Å². The molecule has 2 nitrogen and oxygen atoms in total. The average Bonchev–Trinajstić information content (AvgIpc) is 2.20. The Morgan fingerprint density at radius 2 is 2.21 bits per heavy atom. The molecule has 2 N–H and O–H groups in total. The summed E-state index contributed by atoms with van der Waals surface area (Å²) in [6, 6.07) is 3.72. The smallest absolute Gasteiger partial charge is 0.115 e. The third kappa shape index (κ3) is 4.31. The summed E-state index contributed by atoms with van der Waals surface area (Å²) in [5.74, 6) is 1.07. The van der Waals surface area contributed by atoms with E-state index in [-0.39, 0.29) is 0 Å². The molecule has 0 aromatic carbocycles. The van der Waals surface area contributed by atoms with E-state index in [1.54, 1.807) is 18.0 Å². The number of unbranched alkanes of at least 4 members (excludes halogenated alkanes) is 2. The first-order chi connectivity index (χ1) is 6.84. The van der Waals surface area contributed by atoms with Crippen molar-refractivity contribution in [2.24, 2.45) is 5.73 Å². The quantitative estimate of drug-likeness (QED) is 0.603. The van der Waals surface area contributed by atoms with Gasteiger partial charge in [0.1, 0.15) is 5.03 Å². The fourth-order valence-corrected chi connectivity index (χ4v) is 2.24. The molecular formula is C10H15ClN2S. The molecule has 4 heteroatoms. The average molecular weight is 231 g/mol. The fourth-order valence-electron chi connectivity index (χ4n) is 1.07. The molecule has 0 bridgehead atoms. The highest BCUT2D eigenvalue weighted by Crippen LogP contribution is 2.24. The van der Waals surface area contributed by atoms with Crippen molar-refractivity contribution in [2.75, 3.05) is 12.3 Å². The van der Waals surface area contributed by atoms with Gasteiger partial charge in [0.05, 0.1) is 5.02 Å². The van der Waals surface area contributed by atoms with Gasteiger partial charge in [-0.25, -0.2) is 4.98 Å². The summed E-state index contributed by atoms with van der Waals surface area (Å²) in [4.78, 5) is 4.20. The molecule has 1 heterocycles. The van der Waals surface area contributed by atoms with Crippen molar-refractivity contribution in [2.45, 2.75) is 24.3 Å². The number of hydrogen-bond acceptors (Lipinski definition) is 3. The third-order valence-electron chi connectivity index (χ3n) is 1.81. The minimum Gasteiger partial charge on any atom is -0.330 e. The van der Waals surface area contributed by atoms with Gasteiger partial charge in [0.2, 0.25) is 0 Å². The zero-order valence-electron chi connectivity index (χ0n) is 8.08. The van der Waals surface area contributed by atoms with Crippen molar-refractivity contribution >= 4 is 23.4 Å². The van der Waals surface area contributed by atoms with Crippen LogP contribution in [-0.4, -0.2) is 17.3 Å². The van der Waals surface area contributed by atoms with Crippen LogP contribution < -0.4 is 5.73 Å². The maximum atomic E-state index is 5.96. The topological polar surface area (TPSA) is 38.9 Å². The maximum absolute atomic E-state index is 5.96. The standard InChI is InChI=1S/C10H15ClN2S/c11-9-5-4-7-13-10(9)14-8-3-1-2-6-12/h4-5,7H,1-3,6,8,12H2. The second kappa shape index (κ2) is 7.10. The Bertz CT molecular complexity index is 268. The van der Waals surface area contributed by atoms with Gasteiger partial charge in [-0.15, -0.1) is 11.8 Å². The number of thioether (sulfide) groups is 1. The molecule has 0 saturated heterocycles. The molecule has 0 aliphatic rings. The van der Waals surface area contributed by atoms with Gasteiger partial charge in [-0.05, 0) is 37.3 Å². The Morgan fingerprint density at radius 1 is 1.36 bits per heavy atom. The van der Waals surface area contributed by atoms with Crippen LogP contribution in [-0.2, 0) is 0 Å². The molecule has 0 fully saturated rings. The number of halogens is 1. The molecule has 0 aliphatic carbocycles. The number of aromatic nitrogens is 1. The molecule has 78 valence electrons. The van der Waals surface area contributed by atoms with Gasteiger partial charge in [0, 0.05) is 6.20 Å². The maximum Gasteiger partial charge on any atom is 0.115 e. The SMILES string of the molecule is NCCCCCSc1ncccc1Cl. The van der Waals surface area contributed by atoms with Crippen molar-refractivity contribution in [1.29, 1.82) is 0 Å². The number of rotatable bonds is 6. The Kier molecular flexibility index (Phi) is 5.99. The summed E-state index contributed by atoms with van der Waals surface area (Å²) in [7, 11) is 0. The predicted octanol–water partition coefficient (Wildman–Crippen LogP) is 2.96. The van der Waals surface area contributed by atoms with Gasteiger partial charge < -0.3 is 5.73 Å². The molecule has 0 amide bonds. The van der Waals surface area contributed by atoms with Crippen LogP contribution >= 0.6 is 23.4 Å². The predicted molar refractivity (Wildman–Crippen MR) is 62.9 cm³/mol. The Hall–Kier alpha value is -0.250. The monoisotopic (exact) mass is 230 g/mol. The third-order valence-corrected chi connectivity index (χ3v) is 3.32. The minimum absolute atomic E-state index is 0.747. The largest absolute Gasteiger partial charge is 0.330 e. The van der Waals surface area contributed by atoms with E-state index in [9.17, 15) is 0 Å². The number of pyridine rings is 1. The van der Waals surface area contributed by atoms with Crippen LogP contribution in [0.2, 0.25) is 5.02 Å². The van der Waals surface area contributed by atoms with Gasteiger partial charge >= 0.3 is 0 Å². The number of nitrogens with two attached hydrogens (primary N) is 1. The van der Waals surface area contributed by atoms with Crippen molar-refractivity contribution in [3.63, 3.8) is 0 Å². The van der Waals surface area contributed by atoms with Crippen molar-refractivity contribution in [3.05, 3.63) is 23.4 Å². The molecule has 1 rings (SSSR count). The minimum atomic E-state index is 0.747. The normalized spacial score (nSPS) is 10.4. The molecule has 14 heavy (non-hydrogen) atoms. The van der Waals surface area contributed by atoms with E-state index in [1.165, 1.54) is 12.8 Å². The van der Waals surface area contributed by atoms with Crippen molar-refractivity contribution < 1.29 is 0 Å². The second-order valence-electron chi connectivity index (χ2n) is 2.99. The molecule has 0 saturated carbocycles. The van der Waals surface area contributed by atoms with Crippen LogP contribution in [0.15, 0.2) is 23.4 Å². The van der Waals surface area contributed by atoms with E-state index in [4.69, 9.17) is 17.3 Å². The fraction of sp³-hybridized carbons (Fsp3) is 0.500. The molecule has 0 unspecified atom stereocenters.